The minimum absolute atomic E-state index is 0.0706. The molecule has 0 spiro atoms. The molecular formula is C52H103NO3. The zero-order valence-corrected chi connectivity index (χ0v) is 38.4. The molecule has 0 fully saturated rings. The average molecular weight is 790 g/mol. The highest BCUT2D eigenvalue weighted by atomic mass is 16.3. The van der Waals surface area contributed by atoms with E-state index in [9.17, 15) is 15.0 Å². The van der Waals surface area contributed by atoms with Gasteiger partial charge in [-0.25, -0.2) is 0 Å². The van der Waals surface area contributed by atoms with E-state index in [4.69, 9.17) is 0 Å². The topological polar surface area (TPSA) is 69.6 Å². The first-order valence-electron chi connectivity index (χ1n) is 25.9. The van der Waals surface area contributed by atoms with Gasteiger partial charge >= 0.3 is 0 Å². The maximum Gasteiger partial charge on any atom is 0.220 e. The van der Waals surface area contributed by atoms with Gasteiger partial charge in [0.2, 0.25) is 5.91 Å². The van der Waals surface area contributed by atoms with Crippen molar-refractivity contribution in [1.29, 1.82) is 0 Å². The number of hydrogen-bond donors (Lipinski definition) is 3. The Balaban J connectivity index is 3.20. The molecule has 2 unspecified atom stereocenters. The van der Waals surface area contributed by atoms with Crippen LogP contribution in [0.1, 0.15) is 296 Å². The van der Waals surface area contributed by atoms with E-state index < -0.39 is 12.1 Å². The number of carbonyl (C=O) groups is 1. The molecule has 0 aromatic rings. The van der Waals surface area contributed by atoms with Gasteiger partial charge in [-0.15, -0.1) is 0 Å². The van der Waals surface area contributed by atoms with E-state index in [1.165, 1.54) is 250 Å². The third-order valence-electron chi connectivity index (χ3n) is 12.3. The standard InChI is InChI=1S/C52H103NO3/c1-3-5-7-8-9-10-11-12-13-14-15-16-17-18-19-20-21-22-23-24-25-26-27-28-29-30-31-32-33-34-35-36-37-38-39-40-41-42-43-44-46-48-52(56)53-50(49-54)51(55)47-45-6-4-2/h45,47,50-51,54-55H,3-44,46,48-49H2,1-2H3,(H,53,56)/b47-45+. The van der Waals surface area contributed by atoms with Crippen LogP contribution in [0, 0.1) is 0 Å². The van der Waals surface area contributed by atoms with Crippen molar-refractivity contribution in [2.45, 2.75) is 309 Å². The summed E-state index contributed by atoms with van der Waals surface area (Å²) in [5, 5.41) is 22.4. The first kappa shape index (κ1) is 55.1. The van der Waals surface area contributed by atoms with Gasteiger partial charge in [-0.05, 0) is 12.8 Å². The molecule has 3 N–H and O–H groups in total. The van der Waals surface area contributed by atoms with Crippen LogP contribution < -0.4 is 5.32 Å². The zero-order valence-electron chi connectivity index (χ0n) is 38.4. The fraction of sp³-hybridized carbons (Fsp3) is 0.942. The van der Waals surface area contributed by atoms with Gasteiger partial charge < -0.3 is 15.5 Å². The molecule has 334 valence electrons. The number of unbranched alkanes of at least 4 members (excludes halogenated alkanes) is 41. The molecule has 0 heterocycles. The monoisotopic (exact) mass is 790 g/mol. The second-order valence-electron chi connectivity index (χ2n) is 18.0. The van der Waals surface area contributed by atoms with Gasteiger partial charge in [-0.2, -0.15) is 0 Å². The lowest BCUT2D eigenvalue weighted by molar-refractivity contribution is -0.123. The van der Waals surface area contributed by atoms with Crippen LogP contribution >= 0.6 is 0 Å². The van der Waals surface area contributed by atoms with Crippen molar-refractivity contribution in [2.24, 2.45) is 0 Å². The Morgan fingerprint density at radius 3 is 0.893 bits per heavy atom. The SMILES string of the molecule is CCC/C=C/C(O)C(CO)NC(=O)CCCCCCCCCCCCCCCCCCCCCCCCCCCCCCCCCCCCCCCCCCC. The fourth-order valence-electron chi connectivity index (χ4n) is 8.31. The van der Waals surface area contributed by atoms with E-state index in [2.05, 4.69) is 19.2 Å². The Morgan fingerprint density at radius 1 is 0.411 bits per heavy atom. The van der Waals surface area contributed by atoms with Gasteiger partial charge in [-0.1, -0.05) is 289 Å². The van der Waals surface area contributed by atoms with Crippen molar-refractivity contribution in [3.8, 4) is 0 Å². The highest BCUT2D eigenvalue weighted by Crippen LogP contribution is 2.18. The summed E-state index contributed by atoms with van der Waals surface area (Å²) in [6.45, 7) is 4.14. The molecule has 1 amide bonds. The number of rotatable bonds is 48. The number of nitrogens with one attached hydrogen (secondary N) is 1. The van der Waals surface area contributed by atoms with Crippen LogP contribution in [0.25, 0.3) is 0 Å². The first-order chi connectivity index (χ1) is 27.7. The quantitative estimate of drug-likeness (QED) is 0.0425. The summed E-state index contributed by atoms with van der Waals surface area (Å²) >= 11 is 0. The Kier molecular flexibility index (Phi) is 47.7. The average Bonchev–Trinajstić information content (AvgIpc) is 3.20. The van der Waals surface area contributed by atoms with Gasteiger partial charge in [0, 0.05) is 6.42 Å². The smallest absolute Gasteiger partial charge is 0.220 e. The third-order valence-corrected chi connectivity index (χ3v) is 12.3. The Bertz CT molecular complexity index is 769. The fourth-order valence-corrected chi connectivity index (χ4v) is 8.31. The molecule has 0 aliphatic heterocycles. The third kappa shape index (κ3) is 44.2. The summed E-state index contributed by atoms with van der Waals surface area (Å²) in [4.78, 5) is 12.2. The highest BCUT2D eigenvalue weighted by molar-refractivity contribution is 5.76. The molecule has 0 aliphatic rings. The molecule has 0 aromatic carbocycles. The van der Waals surface area contributed by atoms with Crippen LogP contribution in [0.15, 0.2) is 12.2 Å². The summed E-state index contributed by atoms with van der Waals surface area (Å²) in [7, 11) is 0. The van der Waals surface area contributed by atoms with E-state index >= 15 is 0 Å². The maximum absolute atomic E-state index is 12.2. The maximum atomic E-state index is 12.2. The molecule has 56 heavy (non-hydrogen) atoms. The Morgan fingerprint density at radius 2 is 0.661 bits per heavy atom. The van der Waals surface area contributed by atoms with Gasteiger partial charge in [0.05, 0.1) is 18.8 Å². The van der Waals surface area contributed by atoms with E-state index in [0.29, 0.717) is 6.42 Å². The van der Waals surface area contributed by atoms with Crippen LogP contribution in [0.2, 0.25) is 0 Å². The molecule has 2 atom stereocenters. The summed E-state index contributed by atoms with van der Waals surface area (Å²) in [5.74, 6) is -0.0706. The molecule has 0 aliphatic carbocycles. The molecule has 0 rings (SSSR count). The van der Waals surface area contributed by atoms with Gasteiger partial charge in [0.15, 0.2) is 0 Å². The largest absolute Gasteiger partial charge is 0.394 e. The first-order valence-corrected chi connectivity index (χ1v) is 25.9. The zero-order chi connectivity index (χ0) is 40.7. The highest BCUT2D eigenvalue weighted by Gasteiger charge is 2.17. The molecule has 4 nitrogen and oxygen atoms in total. The summed E-state index contributed by atoms with van der Waals surface area (Å²) in [6, 6.07) is -0.613. The Labute approximate surface area is 352 Å². The van der Waals surface area contributed by atoms with Crippen molar-refractivity contribution in [1.82, 2.24) is 5.32 Å². The lowest BCUT2D eigenvalue weighted by atomic mass is 10.0. The number of hydrogen-bond acceptors (Lipinski definition) is 3. The molecule has 0 aromatic heterocycles. The molecule has 0 radical (unpaired) electrons. The number of allylic oxidation sites excluding steroid dienone is 1. The van der Waals surface area contributed by atoms with E-state index in [1.807, 2.05) is 6.08 Å². The van der Waals surface area contributed by atoms with Crippen molar-refractivity contribution in [2.75, 3.05) is 6.61 Å². The minimum Gasteiger partial charge on any atom is -0.394 e. The lowest BCUT2D eigenvalue weighted by Crippen LogP contribution is -2.45. The second-order valence-corrected chi connectivity index (χ2v) is 18.0. The van der Waals surface area contributed by atoms with Crippen molar-refractivity contribution >= 4 is 5.91 Å². The van der Waals surface area contributed by atoms with E-state index in [-0.39, 0.29) is 12.5 Å². The number of aliphatic hydroxyl groups excluding tert-OH is 2. The lowest BCUT2D eigenvalue weighted by Gasteiger charge is -2.19. The molecule has 0 saturated carbocycles. The Hall–Kier alpha value is -0.870. The van der Waals surface area contributed by atoms with Crippen molar-refractivity contribution in [3.05, 3.63) is 12.2 Å². The van der Waals surface area contributed by atoms with Crippen LogP contribution in [-0.2, 0) is 4.79 Å². The molecule has 4 heteroatoms. The number of carbonyl (C=O) groups excluding carboxylic acids is 1. The van der Waals surface area contributed by atoms with Crippen molar-refractivity contribution < 1.29 is 15.0 Å². The van der Waals surface area contributed by atoms with Crippen LogP contribution in [0.3, 0.4) is 0 Å². The number of amides is 1. The van der Waals surface area contributed by atoms with Crippen LogP contribution in [-0.4, -0.2) is 34.9 Å². The van der Waals surface area contributed by atoms with Gasteiger partial charge in [0.25, 0.3) is 0 Å². The van der Waals surface area contributed by atoms with Crippen LogP contribution in [0.4, 0.5) is 0 Å². The molecule has 0 bridgehead atoms. The van der Waals surface area contributed by atoms with E-state index in [1.54, 1.807) is 6.08 Å². The number of aliphatic hydroxyl groups is 2. The molecular weight excluding hydrogens is 687 g/mol. The van der Waals surface area contributed by atoms with Gasteiger partial charge in [0.1, 0.15) is 0 Å². The predicted octanol–water partition coefficient (Wildman–Crippen LogP) is 16.6. The minimum atomic E-state index is -0.831. The van der Waals surface area contributed by atoms with E-state index in [0.717, 1.165) is 25.7 Å². The predicted molar refractivity (Wildman–Crippen MR) is 249 cm³/mol. The normalized spacial score (nSPS) is 12.9. The summed E-state index contributed by atoms with van der Waals surface area (Å²) in [5.41, 5.74) is 0. The summed E-state index contributed by atoms with van der Waals surface area (Å²) < 4.78 is 0. The molecule has 0 saturated heterocycles. The second kappa shape index (κ2) is 48.5. The van der Waals surface area contributed by atoms with Crippen LogP contribution in [0.5, 0.6) is 0 Å². The summed E-state index contributed by atoms with van der Waals surface area (Å²) in [6.07, 6.45) is 63.3. The van der Waals surface area contributed by atoms with Crippen molar-refractivity contribution in [3.63, 3.8) is 0 Å². The van der Waals surface area contributed by atoms with Gasteiger partial charge in [-0.3, -0.25) is 4.79 Å².